The Morgan fingerprint density at radius 1 is 1.45 bits per heavy atom. The maximum atomic E-state index is 11.5. The van der Waals surface area contributed by atoms with Crippen molar-refractivity contribution < 1.29 is 22.8 Å². The van der Waals surface area contributed by atoms with Crippen LogP contribution in [0.1, 0.15) is 12.8 Å². The fourth-order valence-corrected chi connectivity index (χ4v) is 2.86. The van der Waals surface area contributed by atoms with Crippen LogP contribution in [0.25, 0.3) is 0 Å². The number of nitro groups is 1. The van der Waals surface area contributed by atoms with E-state index in [1.165, 1.54) is 12.1 Å². The Hall–Kier alpha value is -1.38. The molecule has 1 heterocycles. The highest BCUT2D eigenvalue weighted by Gasteiger charge is 2.24. The predicted molar refractivity (Wildman–Crippen MR) is 70.6 cm³/mol. The molecule has 0 N–H and O–H groups in total. The van der Waals surface area contributed by atoms with Crippen LogP contribution in [0.3, 0.4) is 0 Å². The Morgan fingerprint density at radius 3 is 2.75 bits per heavy atom. The summed E-state index contributed by atoms with van der Waals surface area (Å²) in [6, 6.07) is 3.30. The van der Waals surface area contributed by atoms with Gasteiger partial charge in [0.1, 0.15) is 16.7 Å². The molecule has 1 atom stereocenters. The van der Waals surface area contributed by atoms with Crippen LogP contribution in [0.2, 0.25) is 0 Å². The van der Waals surface area contributed by atoms with Crippen LogP contribution in [0.15, 0.2) is 23.1 Å². The molecule has 0 radical (unpaired) electrons. The van der Waals surface area contributed by atoms with Crippen LogP contribution in [0.5, 0.6) is 5.75 Å². The van der Waals surface area contributed by atoms with Gasteiger partial charge in [0, 0.05) is 29.4 Å². The summed E-state index contributed by atoms with van der Waals surface area (Å²) in [4.78, 5) is 9.59. The van der Waals surface area contributed by atoms with Gasteiger partial charge in [0.15, 0.2) is 0 Å². The van der Waals surface area contributed by atoms with Crippen molar-refractivity contribution in [1.29, 1.82) is 0 Å². The smallest absolute Gasteiger partial charge is 0.271 e. The quantitative estimate of drug-likeness (QED) is 0.478. The average Bonchev–Trinajstić information content (AvgIpc) is 2.39. The van der Waals surface area contributed by atoms with E-state index in [-0.39, 0.29) is 17.5 Å². The van der Waals surface area contributed by atoms with E-state index in [9.17, 15) is 18.5 Å². The molecule has 2 rings (SSSR count). The number of non-ortho nitro benzene ring substituents is 1. The summed E-state index contributed by atoms with van der Waals surface area (Å²) in [5.41, 5.74) is -0.364. The molecule has 0 aromatic heterocycles. The number of benzene rings is 1. The maximum absolute atomic E-state index is 11.5. The molecule has 0 amide bonds. The van der Waals surface area contributed by atoms with Crippen molar-refractivity contribution >= 4 is 25.4 Å². The lowest BCUT2D eigenvalue weighted by atomic mass is 10.2. The van der Waals surface area contributed by atoms with E-state index in [1.54, 1.807) is 0 Å². The lowest BCUT2D eigenvalue weighted by Gasteiger charge is -2.23. The molecular formula is C11H12ClNO6S. The second kappa shape index (κ2) is 5.94. The molecule has 0 saturated carbocycles. The van der Waals surface area contributed by atoms with Gasteiger partial charge in [-0.05, 0) is 18.9 Å². The van der Waals surface area contributed by atoms with E-state index >= 15 is 0 Å². The van der Waals surface area contributed by atoms with E-state index in [0.717, 1.165) is 18.9 Å². The van der Waals surface area contributed by atoms with Gasteiger partial charge in [0.25, 0.3) is 14.7 Å². The largest absolute Gasteiger partial charge is 0.487 e. The number of ether oxygens (including phenoxy) is 2. The van der Waals surface area contributed by atoms with Crippen LogP contribution < -0.4 is 4.74 Å². The minimum atomic E-state index is -4.14. The van der Waals surface area contributed by atoms with E-state index in [2.05, 4.69) is 0 Å². The van der Waals surface area contributed by atoms with Crippen molar-refractivity contribution in [2.75, 3.05) is 13.2 Å². The topological polar surface area (TPSA) is 95.7 Å². The van der Waals surface area contributed by atoms with Gasteiger partial charge in [-0.2, -0.15) is 0 Å². The van der Waals surface area contributed by atoms with E-state index in [4.69, 9.17) is 20.2 Å². The highest BCUT2D eigenvalue weighted by Crippen LogP contribution is 2.32. The summed E-state index contributed by atoms with van der Waals surface area (Å²) in [6.45, 7) is 0.986. The van der Waals surface area contributed by atoms with Crippen molar-refractivity contribution in [2.45, 2.75) is 23.8 Å². The molecule has 1 aromatic rings. The Kier molecular flexibility index (Phi) is 4.46. The second-order valence-electron chi connectivity index (χ2n) is 4.28. The van der Waals surface area contributed by atoms with Crippen LogP contribution in [-0.4, -0.2) is 32.7 Å². The fraction of sp³-hybridized carbons (Fsp3) is 0.455. The molecule has 1 fully saturated rings. The van der Waals surface area contributed by atoms with Gasteiger partial charge in [-0.1, -0.05) is 0 Å². The second-order valence-corrected chi connectivity index (χ2v) is 6.82. The Morgan fingerprint density at radius 2 is 2.20 bits per heavy atom. The highest BCUT2D eigenvalue weighted by molar-refractivity contribution is 8.13. The monoisotopic (exact) mass is 321 g/mol. The first kappa shape index (κ1) is 15.0. The van der Waals surface area contributed by atoms with E-state index < -0.39 is 18.9 Å². The number of halogens is 1. The van der Waals surface area contributed by atoms with Crippen LogP contribution in [0.4, 0.5) is 5.69 Å². The SMILES string of the molecule is O=[N+]([O-])c1ccc(OC2CCCOC2)c(S(=O)(=O)Cl)c1. The zero-order chi connectivity index (χ0) is 14.8. The van der Waals surface area contributed by atoms with Gasteiger partial charge in [-0.15, -0.1) is 0 Å². The van der Waals surface area contributed by atoms with Gasteiger partial charge in [-0.3, -0.25) is 10.1 Å². The number of hydrogen-bond acceptors (Lipinski definition) is 6. The summed E-state index contributed by atoms with van der Waals surface area (Å²) in [5, 5.41) is 10.7. The summed E-state index contributed by atoms with van der Waals surface area (Å²) in [5.74, 6) is 0.00102. The van der Waals surface area contributed by atoms with Gasteiger partial charge in [0.05, 0.1) is 11.5 Å². The number of hydrogen-bond donors (Lipinski definition) is 0. The summed E-state index contributed by atoms with van der Waals surface area (Å²) in [7, 11) is 1.16. The first-order chi connectivity index (χ1) is 9.38. The average molecular weight is 322 g/mol. The Labute approximate surface area is 120 Å². The Bertz CT molecular complexity index is 611. The number of nitro benzene ring substituents is 1. The molecule has 9 heteroatoms. The van der Waals surface area contributed by atoms with Crippen molar-refractivity contribution in [2.24, 2.45) is 0 Å². The lowest BCUT2D eigenvalue weighted by Crippen LogP contribution is -2.28. The molecule has 1 aliphatic heterocycles. The molecule has 1 unspecified atom stereocenters. The molecule has 1 saturated heterocycles. The van der Waals surface area contributed by atoms with E-state index in [0.29, 0.717) is 13.2 Å². The first-order valence-corrected chi connectivity index (χ1v) is 8.16. The zero-order valence-electron chi connectivity index (χ0n) is 10.3. The van der Waals surface area contributed by atoms with E-state index in [1.807, 2.05) is 0 Å². The molecular weight excluding hydrogens is 310 g/mol. The summed E-state index contributed by atoms with van der Waals surface area (Å²) < 4.78 is 33.8. The fourth-order valence-electron chi connectivity index (χ4n) is 1.88. The van der Waals surface area contributed by atoms with Crippen molar-refractivity contribution in [3.8, 4) is 5.75 Å². The van der Waals surface area contributed by atoms with Crippen molar-refractivity contribution in [3.63, 3.8) is 0 Å². The lowest BCUT2D eigenvalue weighted by molar-refractivity contribution is -0.385. The maximum Gasteiger partial charge on any atom is 0.271 e. The van der Waals surface area contributed by atoms with Gasteiger partial charge in [0.2, 0.25) is 0 Å². The summed E-state index contributed by atoms with van der Waals surface area (Å²) >= 11 is 0. The third-order valence-electron chi connectivity index (χ3n) is 2.81. The van der Waals surface area contributed by atoms with Crippen molar-refractivity contribution in [3.05, 3.63) is 28.3 Å². The standard InChI is InChI=1S/C11H12ClNO6S/c12-20(16,17)11-6-8(13(14)15)3-4-10(11)19-9-2-1-5-18-7-9/h3-4,6,9H,1-2,5,7H2. The molecule has 0 bridgehead atoms. The highest BCUT2D eigenvalue weighted by atomic mass is 35.7. The molecule has 0 spiro atoms. The number of nitrogens with zero attached hydrogens (tertiary/aromatic N) is 1. The summed E-state index contributed by atoms with van der Waals surface area (Å²) in [6.07, 6.45) is 1.24. The minimum absolute atomic E-state index is 0.00102. The molecule has 110 valence electrons. The Balaban J connectivity index is 2.33. The van der Waals surface area contributed by atoms with Crippen LogP contribution in [-0.2, 0) is 13.8 Å². The van der Waals surface area contributed by atoms with Crippen LogP contribution in [0, 0.1) is 10.1 Å². The molecule has 1 aromatic carbocycles. The third-order valence-corrected chi connectivity index (χ3v) is 4.16. The predicted octanol–water partition coefficient (Wildman–Crippen LogP) is 2.08. The molecule has 7 nitrogen and oxygen atoms in total. The zero-order valence-corrected chi connectivity index (χ0v) is 11.9. The van der Waals surface area contributed by atoms with Gasteiger partial charge >= 0.3 is 0 Å². The molecule has 20 heavy (non-hydrogen) atoms. The number of rotatable bonds is 4. The normalized spacial score (nSPS) is 19.6. The van der Waals surface area contributed by atoms with Crippen molar-refractivity contribution in [1.82, 2.24) is 0 Å². The van der Waals surface area contributed by atoms with Gasteiger partial charge in [-0.25, -0.2) is 8.42 Å². The van der Waals surface area contributed by atoms with Crippen LogP contribution >= 0.6 is 10.7 Å². The first-order valence-electron chi connectivity index (χ1n) is 5.85. The molecule has 1 aliphatic rings. The third kappa shape index (κ3) is 3.59. The molecule has 0 aliphatic carbocycles. The minimum Gasteiger partial charge on any atom is -0.487 e. The van der Waals surface area contributed by atoms with Gasteiger partial charge < -0.3 is 9.47 Å².